The molecule has 2 bridgehead atoms. The minimum atomic E-state index is -0.0252. The Balaban J connectivity index is 1.50. The number of aliphatic hydroxyl groups excluding tert-OH is 1. The van der Waals surface area contributed by atoms with Crippen molar-refractivity contribution in [3.05, 3.63) is 56.9 Å². The maximum absolute atomic E-state index is 11.6. The van der Waals surface area contributed by atoms with Gasteiger partial charge in [0.2, 0.25) is 0 Å². The van der Waals surface area contributed by atoms with Crippen molar-refractivity contribution in [2.75, 3.05) is 18.9 Å². The first-order chi connectivity index (χ1) is 14.5. The average Bonchev–Trinajstić information content (AvgIpc) is 3.19. The van der Waals surface area contributed by atoms with E-state index < -0.39 is 0 Å². The van der Waals surface area contributed by atoms with Crippen LogP contribution in [0.4, 0.5) is 5.69 Å². The molecule has 0 aromatic heterocycles. The molecular formula is C21H27ClN6O2. The Bertz CT molecular complexity index is 915. The number of nitrogens with one attached hydrogen (secondary N) is 3. The van der Waals surface area contributed by atoms with Crippen LogP contribution in [-0.4, -0.2) is 29.0 Å². The number of hydrogen-bond acceptors (Lipinski definition) is 8. The van der Waals surface area contributed by atoms with Gasteiger partial charge < -0.3 is 16.3 Å². The summed E-state index contributed by atoms with van der Waals surface area (Å²) in [5.74, 6) is 1.07. The Labute approximate surface area is 180 Å². The summed E-state index contributed by atoms with van der Waals surface area (Å²) in [6.45, 7) is 0.794. The van der Waals surface area contributed by atoms with E-state index in [4.69, 9.17) is 22.7 Å². The molecule has 1 aromatic carbocycles. The number of hydrogen-bond donors (Lipinski definition) is 5. The van der Waals surface area contributed by atoms with Gasteiger partial charge in [-0.3, -0.25) is 10.4 Å². The number of nitroso groups, excluding NO2 is 1. The van der Waals surface area contributed by atoms with Gasteiger partial charge in [-0.15, -0.1) is 10.4 Å². The number of rotatable bonds is 7. The lowest BCUT2D eigenvalue weighted by Crippen LogP contribution is -2.39. The lowest BCUT2D eigenvalue weighted by Gasteiger charge is -2.40. The van der Waals surface area contributed by atoms with Crippen molar-refractivity contribution in [1.82, 2.24) is 16.0 Å². The van der Waals surface area contributed by atoms with Crippen molar-refractivity contribution in [1.29, 1.82) is 5.41 Å². The molecule has 1 heterocycles. The van der Waals surface area contributed by atoms with Crippen LogP contribution in [0.25, 0.3) is 0 Å². The highest BCUT2D eigenvalue weighted by Gasteiger charge is 2.39. The lowest BCUT2D eigenvalue weighted by atomic mass is 9.65. The summed E-state index contributed by atoms with van der Waals surface area (Å²) < 4.78 is 0. The van der Waals surface area contributed by atoms with Crippen LogP contribution in [-0.2, 0) is 0 Å². The summed E-state index contributed by atoms with van der Waals surface area (Å²) in [7, 11) is 0. The van der Waals surface area contributed by atoms with Crippen LogP contribution >= 0.6 is 11.6 Å². The van der Waals surface area contributed by atoms with Crippen LogP contribution in [0.1, 0.15) is 37.7 Å². The average molecular weight is 431 g/mol. The first-order valence-corrected chi connectivity index (χ1v) is 10.7. The molecule has 9 heteroatoms. The van der Waals surface area contributed by atoms with Crippen molar-refractivity contribution < 1.29 is 5.11 Å². The number of nitrogens with two attached hydrogens (primary N) is 1. The van der Waals surface area contributed by atoms with Crippen molar-refractivity contribution in [2.24, 2.45) is 22.9 Å². The number of halogens is 1. The summed E-state index contributed by atoms with van der Waals surface area (Å²) >= 11 is 6.01. The molecule has 1 fully saturated rings. The summed E-state index contributed by atoms with van der Waals surface area (Å²) in [6.07, 6.45) is 6.47. The molecule has 0 amide bonds. The highest BCUT2D eigenvalue weighted by molar-refractivity contribution is 6.31. The van der Waals surface area contributed by atoms with E-state index in [9.17, 15) is 10.0 Å². The molecule has 0 spiro atoms. The van der Waals surface area contributed by atoms with Gasteiger partial charge in [0, 0.05) is 34.6 Å². The van der Waals surface area contributed by atoms with Crippen LogP contribution in [0.15, 0.2) is 46.5 Å². The molecule has 1 aromatic rings. The van der Waals surface area contributed by atoms with Gasteiger partial charge in [-0.05, 0) is 73.2 Å². The van der Waals surface area contributed by atoms with Crippen molar-refractivity contribution in [3.8, 4) is 0 Å². The fourth-order valence-corrected chi connectivity index (χ4v) is 5.26. The Morgan fingerprint density at radius 1 is 1.37 bits per heavy atom. The summed E-state index contributed by atoms with van der Waals surface area (Å²) in [5.41, 5.74) is 15.4. The Kier molecular flexibility index (Phi) is 6.08. The molecule has 3 atom stereocenters. The molecule has 0 radical (unpaired) electrons. The van der Waals surface area contributed by atoms with Gasteiger partial charge in [-0.1, -0.05) is 11.6 Å². The minimum Gasteiger partial charge on any atom is -0.398 e. The van der Waals surface area contributed by atoms with Crippen molar-refractivity contribution >= 4 is 23.0 Å². The minimum absolute atomic E-state index is 0.0252. The van der Waals surface area contributed by atoms with E-state index in [1.54, 1.807) is 18.2 Å². The van der Waals surface area contributed by atoms with Gasteiger partial charge in [0.1, 0.15) is 0 Å². The highest BCUT2D eigenvalue weighted by atomic mass is 35.5. The number of hydrazine groups is 2. The van der Waals surface area contributed by atoms with Gasteiger partial charge in [0.05, 0.1) is 23.7 Å². The number of fused-ring (bicyclic) bond motifs is 2. The van der Waals surface area contributed by atoms with Crippen LogP contribution in [0, 0.1) is 28.1 Å². The van der Waals surface area contributed by atoms with Gasteiger partial charge >= 0.3 is 0 Å². The van der Waals surface area contributed by atoms with Crippen LogP contribution < -0.4 is 16.7 Å². The van der Waals surface area contributed by atoms with E-state index in [1.165, 1.54) is 0 Å². The number of anilines is 1. The first-order valence-electron chi connectivity index (χ1n) is 10.3. The summed E-state index contributed by atoms with van der Waals surface area (Å²) in [6, 6.07) is 5.11. The Morgan fingerprint density at radius 2 is 2.20 bits per heavy atom. The molecule has 30 heavy (non-hydrogen) atoms. The summed E-state index contributed by atoms with van der Waals surface area (Å²) in [5, 5.41) is 23.8. The highest BCUT2D eigenvalue weighted by Crippen LogP contribution is 2.47. The van der Waals surface area contributed by atoms with Crippen molar-refractivity contribution in [2.45, 2.75) is 32.1 Å². The van der Waals surface area contributed by atoms with Crippen LogP contribution in [0.5, 0.6) is 0 Å². The van der Waals surface area contributed by atoms with E-state index in [0.29, 0.717) is 45.9 Å². The molecule has 1 aliphatic heterocycles. The van der Waals surface area contributed by atoms with E-state index in [2.05, 4.69) is 16.1 Å². The maximum atomic E-state index is 11.6. The first kappa shape index (κ1) is 20.8. The molecule has 1 saturated carbocycles. The molecule has 3 unspecified atom stereocenters. The third-order valence-corrected chi connectivity index (χ3v) is 6.62. The molecule has 6 N–H and O–H groups in total. The number of aliphatic hydroxyl groups is 1. The maximum Gasteiger partial charge on any atom is 0.0907 e. The molecule has 8 nitrogen and oxygen atoms in total. The second-order valence-corrected chi connectivity index (χ2v) is 8.87. The topological polar surface area (TPSA) is 127 Å². The van der Waals surface area contributed by atoms with Gasteiger partial charge in [0.15, 0.2) is 0 Å². The fraction of sp³-hybridized carbons (Fsp3) is 0.476. The molecule has 3 aliphatic rings. The van der Waals surface area contributed by atoms with Gasteiger partial charge in [0.25, 0.3) is 0 Å². The second-order valence-electron chi connectivity index (χ2n) is 8.43. The monoisotopic (exact) mass is 430 g/mol. The molecular weight excluding hydrogens is 404 g/mol. The van der Waals surface area contributed by atoms with E-state index in [0.717, 1.165) is 43.5 Å². The molecule has 4 rings (SSSR count). The van der Waals surface area contributed by atoms with E-state index in [-0.39, 0.29) is 12.5 Å². The Hall–Kier alpha value is -2.42. The quantitative estimate of drug-likeness (QED) is 0.256. The van der Waals surface area contributed by atoms with E-state index >= 15 is 0 Å². The second kappa shape index (κ2) is 8.75. The number of benzene rings is 1. The zero-order chi connectivity index (χ0) is 21.3. The Morgan fingerprint density at radius 3 is 2.90 bits per heavy atom. The zero-order valence-electron chi connectivity index (χ0n) is 16.7. The number of allylic oxidation sites excluding steroid dienone is 2. The van der Waals surface area contributed by atoms with Crippen LogP contribution in [0.3, 0.4) is 0 Å². The zero-order valence-corrected chi connectivity index (χ0v) is 17.5. The van der Waals surface area contributed by atoms with E-state index in [1.807, 2.05) is 11.2 Å². The molecule has 160 valence electrons. The number of nitrogens with zero attached hydrogens (tertiary/aromatic N) is 2. The standard InChI is InChI=1S/C21H27ClN6O2/c22-15-1-2-17(18(23)9-15)21(24)20-14-6-12(5-13(7-14)8-19(20)26-30)3-4-28-10-16(11-29)25-27-28/h1-2,9-10,12-14,24-25,27,29H,3-8,11,23H2. The van der Waals surface area contributed by atoms with Gasteiger partial charge in [-0.2, -0.15) is 0 Å². The predicted octanol–water partition coefficient (Wildman–Crippen LogP) is 3.30. The predicted molar refractivity (Wildman–Crippen MR) is 117 cm³/mol. The SMILES string of the molecule is N=C(C1=C(N=O)CC2CC(CCN3C=C(CO)NN3)CC1C2)c1ccc(Cl)cc1N. The molecule has 2 aliphatic carbocycles. The lowest BCUT2D eigenvalue weighted by molar-refractivity contribution is 0.170. The smallest absolute Gasteiger partial charge is 0.0907 e. The third-order valence-electron chi connectivity index (χ3n) is 6.39. The molecule has 0 saturated heterocycles. The number of nitrogen functional groups attached to an aromatic ring is 1. The fourth-order valence-electron chi connectivity index (χ4n) is 5.08. The van der Waals surface area contributed by atoms with Crippen LogP contribution in [0.2, 0.25) is 5.02 Å². The third kappa shape index (κ3) is 4.21. The van der Waals surface area contributed by atoms with Gasteiger partial charge in [-0.25, -0.2) is 0 Å². The summed E-state index contributed by atoms with van der Waals surface area (Å²) in [4.78, 5) is 11.6. The largest absolute Gasteiger partial charge is 0.398 e. The normalized spacial score (nSPS) is 25.7. The van der Waals surface area contributed by atoms with Crippen molar-refractivity contribution in [3.63, 3.8) is 0 Å².